The van der Waals surface area contributed by atoms with Crippen molar-refractivity contribution < 1.29 is 14.3 Å². The van der Waals surface area contributed by atoms with Crippen molar-refractivity contribution in [3.8, 4) is 0 Å². The maximum atomic E-state index is 13.7. The summed E-state index contributed by atoms with van der Waals surface area (Å²) in [6.07, 6.45) is 1.98. The lowest BCUT2D eigenvalue weighted by Gasteiger charge is -2.41. The van der Waals surface area contributed by atoms with Crippen LogP contribution in [0.5, 0.6) is 0 Å². The van der Waals surface area contributed by atoms with E-state index in [1.54, 1.807) is 24.2 Å². The maximum Gasteiger partial charge on any atom is 0.237 e. The van der Waals surface area contributed by atoms with Crippen LogP contribution >= 0.6 is 15.9 Å². The molecule has 0 atom stereocenters. The summed E-state index contributed by atoms with van der Waals surface area (Å²) in [5.41, 5.74) is 1.46. The van der Waals surface area contributed by atoms with Crippen molar-refractivity contribution in [2.24, 2.45) is 0 Å². The highest BCUT2D eigenvalue weighted by Crippen LogP contribution is 2.55. The highest BCUT2D eigenvalue weighted by Gasteiger charge is 2.58. The second-order valence-corrected chi connectivity index (χ2v) is 6.66. The van der Waals surface area contributed by atoms with Crippen molar-refractivity contribution in [3.63, 3.8) is 0 Å². The van der Waals surface area contributed by atoms with E-state index in [9.17, 15) is 14.3 Å². The summed E-state index contributed by atoms with van der Waals surface area (Å²) in [5.74, 6) is -0.395. The predicted octanol–water partition coefficient (Wildman–Crippen LogP) is 2.51. The van der Waals surface area contributed by atoms with E-state index in [4.69, 9.17) is 0 Å². The normalized spacial score (nSPS) is 27.3. The Hall–Kier alpha value is -1.53. The van der Waals surface area contributed by atoms with Gasteiger partial charge in [0.25, 0.3) is 0 Å². The summed E-state index contributed by atoms with van der Waals surface area (Å²) in [4.78, 5) is 18.5. The summed E-state index contributed by atoms with van der Waals surface area (Å²) < 4.78 is 14.0. The second-order valence-electron chi connectivity index (χ2n) is 5.81. The number of anilines is 1. The number of nitrogens with zero attached hydrogens (tertiary/aromatic N) is 2. The second kappa shape index (κ2) is 4.01. The first kappa shape index (κ1) is 13.2. The molecule has 1 fully saturated rings. The van der Waals surface area contributed by atoms with Crippen molar-refractivity contribution in [3.05, 3.63) is 34.2 Å². The Bertz CT molecular complexity index is 802. The third-order valence-corrected chi connectivity index (χ3v) is 5.22. The van der Waals surface area contributed by atoms with Gasteiger partial charge in [0.05, 0.1) is 33.4 Å². The molecule has 108 valence electrons. The van der Waals surface area contributed by atoms with Crippen LogP contribution in [0.1, 0.15) is 18.4 Å². The van der Waals surface area contributed by atoms with Gasteiger partial charge in [0.2, 0.25) is 5.91 Å². The fourth-order valence-electron chi connectivity index (χ4n) is 3.59. The smallest absolute Gasteiger partial charge is 0.237 e. The zero-order valence-electron chi connectivity index (χ0n) is 11.2. The average molecular weight is 351 g/mol. The van der Waals surface area contributed by atoms with E-state index in [0.29, 0.717) is 22.8 Å². The first-order valence-corrected chi connectivity index (χ1v) is 7.48. The van der Waals surface area contributed by atoms with E-state index < -0.39 is 11.5 Å². The molecule has 1 aromatic heterocycles. The van der Waals surface area contributed by atoms with Gasteiger partial charge in [-0.05, 0) is 34.8 Å². The summed E-state index contributed by atoms with van der Waals surface area (Å²) in [6, 6.07) is 3.04. The summed E-state index contributed by atoms with van der Waals surface area (Å²) in [5, 5.41) is 10.5. The van der Waals surface area contributed by atoms with Crippen LogP contribution in [-0.2, 0) is 10.2 Å². The molecule has 2 heterocycles. The van der Waals surface area contributed by atoms with Crippen LogP contribution in [0.2, 0.25) is 0 Å². The molecule has 0 saturated heterocycles. The zero-order valence-corrected chi connectivity index (χ0v) is 12.8. The van der Waals surface area contributed by atoms with Crippen molar-refractivity contribution >= 4 is 38.4 Å². The van der Waals surface area contributed by atoms with Gasteiger partial charge in [0, 0.05) is 24.1 Å². The van der Waals surface area contributed by atoms with E-state index in [-0.39, 0.29) is 11.7 Å². The monoisotopic (exact) mass is 350 g/mol. The molecular formula is C15H12BrFN2O2. The Kier molecular flexibility index (Phi) is 2.52. The minimum Gasteiger partial charge on any atom is -0.393 e. The molecule has 1 amide bonds. The molecule has 4 nitrogen and oxygen atoms in total. The van der Waals surface area contributed by atoms with Crippen LogP contribution in [0.4, 0.5) is 10.1 Å². The van der Waals surface area contributed by atoms with Gasteiger partial charge in [0.15, 0.2) is 0 Å². The van der Waals surface area contributed by atoms with Crippen LogP contribution in [0.3, 0.4) is 0 Å². The maximum absolute atomic E-state index is 13.7. The van der Waals surface area contributed by atoms with E-state index >= 15 is 0 Å². The molecule has 0 bridgehead atoms. The number of aliphatic hydroxyl groups excluding tert-OH is 1. The number of rotatable bonds is 0. The number of pyridine rings is 1. The Morgan fingerprint density at radius 1 is 1.48 bits per heavy atom. The van der Waals surface area contributed by atoms with Crippen LogP contribution < -0.4 is 4.90 Å². The van der Waals surface area contributed by atoms with Gasteiger partial charge >= 0.3 is 0 Å². The number of hydrogen-bond acceptors (Lipinski definition) is 3. The fourth-order valence-corrected chi connectivity index (χ4v) is 3.94. The van der Waals surface area contributed by atoms with Crippen LogP contribution in [0, 0.1) is 5.82 Å². The molecule has 0 unspecified atom stereocenters. The number of carbonyl (C=O) groups is 1. The van der Waals surface area contributed by atoms with Crippen LogP contribution in [-0.4, -0.2) is 29.1 Å². The predicted molar refractivity (Wildman–Crippen MR) is 79.7 cm³/mol. The standard InChI is InChI=1S/C15H12BrFN2O2/c1-19-12-6-18-11-3-10(17)9(16)2-8(11)13(12)15(14(19)21)4-7(20)5-15/h2-3,6-7,20H,4-5H2,1H3/t7-,15+. The summed E-state index contributed by atoms with van der Waals surface area (Å²) in [7, 11) is 1.71. The molecule has 0 radical (unpaired) electrons. The molecule has 1 spiro atoms. The Balaban J connectivity index is 2.07. The topological polar surface area (TPSA) is 53.4 Å². The average Bonchev–Trinajstić information content (AvgIpc) is 2.63. The van der Waals surface area contributed by atoms with E-state index in [1.165, 1.54) is 6.07 Å². The van der Waals surface area contributed by atoms with Crippen molar-refractivity contribution in [1.29, 1.82) is 0 Å². The van der Waals surface area contributed by atoms with Crippen molar-refractivity contribution in [1.82, 2.24) is 4.98 Å². The summed E-state index contributed by atoms with van der Waals surface area (Å²) in [6.45, 7) is 0. The van der Waals surface area contributed by atoms with Gasteiger partial charge in [-0.25, -0.2) is 4.39 Å². The van der Waals surface area contributed by atoms with Crippen LogP contribution in [0.25, 0.3) is 10.9 Å². The number of aliphatic hydroxyl groups is 1. The minimum absolute atomic E-state index is 0.0162. The van der Waals surface area contributed by atoms with Gasteiger partial charge in [-0.15, -0.1) is 0 Å². The van der Waals surface area contributed by atoms with Crippen LogP contribution in [0.15, 0.2) is 22.8 Å². The third-order valence-electron chi connectivity index (χ3n) is 4.61. The van der Waals surface area contributed by atoms with Gasteiger partial charge in [-0.1, -0.05) is 0 Å². The lowest BCUT2D eigenvalue weighted by atomic mass is 9.63. The Labute approximate surface area is 128 Å². The molecule has 6 heteroatoms. The number of aromatic nitrogens is 1. The number of halogens is 2. The highest BCUT2D eigenvalue weighted by molar-refractivity contribution is 9.10. The molecule has 1 N–H and O–H groups in total. The number of likely N-dealkylation sites (N-methyl/N-ethyl adjacent to an activating group) is 1. The molecule has 1 aromatic carbocycles. The molecular weight excluding hydrogens is 339 g/mol. The molecule has 1 aliphatic carbocycles. The van der Waals surface area contributed by atoms with E-state index in [0.717, 1.165) is 16.6 Å². The van der Waals surface area contributed by atoms with Crippen molar-refractivity contribution in [2.75, 3.05) is 11.9 Å². The molecule has 4 rings (SSSR count). The van der Waals surface area contributed by atoms with Gasteiger partial charge in [0.1, 0.15) is 5.82 Å². The molecule has 1 aliphatic heterocycles. The lowest BCUT2D eigenvalue weighted by molar-refractivity contribution is -0.130. The SMILES string of the molecule is CN1c2cnc3cc(F)c(Br)cc3c2[C@]2(C[C@H](O)C2)C1=O. The highest BCUT2D eigenvalue weighted by atomic mass is 79.9. The van der Waals surface area contributed by atoms with E-state index in [2.05, 4.69) is 20.9 Å². The Morgan fingerprint density at radius 3 is 2.86 bits per heavy atom. The molecule has 2 aromatic rings. The molecule has 1 saturated carbocycles. The number of hydrogen-bond donors (Lipinski definition) is 1. The molecule has 2 aliphatic rings. The third kappa shape index (κ3) is 1.52. The fraction of sp³-hybridized carbons (Fsp3) is 0.333. The number of carbonyl (C=O) groups excluding carboxylic acids is 1. The minimum atomic E-state index is -0.679. The van der Waals surface area contributed by atoms with E-state index in [1.807, 2.05) is 0 Å². The van der Waals surface area contributed by atoms with Gasteiger partial charge in [-0.3, -0.25) is 9.78 Å². The first-order chi connectivity index (χ1) is 9.94. The largest absolute Gasteiger partial charge is 0.393 e. The zero-order chi connectivity index (χ0) is 14.9. The number of fused-ring (bicyclic) bond motifs is 4. The lowest BCUT2D eigenvalue weighted by Crippen LogP contribution is -2.51. The quantitative estimate of drug-likeness (QED) is 0.794. The number of amides is 1. The van der Waals surface area contributed by atoms with Gasteiger partial charge < -0.3 is 10.0 Å². The first-order valence-electron chi connectivity index (χ1n) is 6.68. The number of benzene rings is 1. The molecule has 21 heavy (non-hydrogen) atoms. The Morgan fingerprint density at radius 2 is 2.19 bits per heavy atom. The van der Waals surface area contributed by atoms with Crippen molar-refractivity contribution in [2.45, 2.75) is 24.4 Å². The van der Waals surface area contributed by atoms with Gasteiger partial charge in [-0.2, -0.15) is 0 Å². The summed E-state index contributed by atoms with van der Waals surface area (Å²) >= 11 is 3.19.